The maximum Gasteiger partial charge on any atom is 0.220 e. The first-order valence-corrected chi connectivity index (χ1v) is 9.09. The van der Waals surface area contributed by atoms with Crippen molar-refractivity contribution < 1.29 is 13.9 Å². The Morgan fingerprint density at radius 2 is 2.00 bits per heavy atom. The average molecular weight is 334 g/mol. The minimum absolute atomic E-state index is 0.0155. The van der Waals surface area contributed by atoms with Crippen LogP contribution >= 0.6 is 0 Å². The van der Waals surface area contributed by atoms with Gasteiger partial charge in [-0.2, -0.15) is 0 Å². The summed E-state index contributed by atoms with van der Waals surface area (Å²) in [6.45, 7) is 2.84. The first-order chi connectivity index (χ1) is 11.7. The zero-order chi connectivity index (χ0) is 16.8. The molecule has 2 atom stereocenters. The summed E-state index contributed by atoms with van der Waals surface area (Å²) in [5, 5.41) is 6.48. The number of carbonyl (C=O) groups excluding carboxylic acids is 1. The van der Waals surface area contributed by atoms with E-state index in [0.29, 0.717) is 12.3 Å². The fraction of sp³-hybridized carbons (Fsp3) is 0.632. The molecule has 2 unspecified atom stereocenters. The van der Waals surface area contributed by atoms with Gasteiger partial charge in [-0.3, -0.25) is 4.79 Å². The summed E-state index contributed by atoms with van der Waals surface area (Å²) in [5.74, 6) is 0.449. The smallest absolute Gasteiger partial charge is 0.220 e. The summed E-state index contributed by atoms with van der Waals surface area (Å²) in [5.41, 5.74) is 0.915. The molecule has 2 heterocycles. The SMILES string of the molecule is O=C(CCC1CCNCC1)NC(c1ccc(F)cc1)C1CCCO1. The van der Waals surface area contributed by atoms with Gasteiger partial charge < -0.3 is 15.4 Å². The molecule has 0 radical (unpaired) electrons. The van der Waals surface area contributed by atoms with Gasteiger partial charge in [0.05, 0.1) is 12.1 Å². The number of piperidine rings is 1. The molecule has 132 valence electrons. The van der Waals surface area contributed by atoms with E-state index >= 15 is 0 Å². The molecule has 2 aliphatic heterocycles. The Labute approximate surface area is 143 Å². The molecule has 0 spiro atoms. The Bertz CT molecular complexity index is 523. The molecule has 2 aliphatic rings. The van der Waals surface area contributed by atoms with Crippen molar-refractivity contribution in [2.24, 2.45) is 5.92 Å². The van der Waals surface area contributed by atoms with Gasteiger partial charge in [0, 0.05) is 13.0 Å². The van der Waals surface area contributed by atoms with Crippen LogP contribution in [0.25, 0.3) is 0 Å². The number of hydrogen-bond donors (Lipinski definition) is 2. The van der Waals surface area contributed by atoms with Crippen LogP contribution < -0.4 is 10.6 Å². The van der Waals surface area contributed by atoms with E-state index < -0.39 is 0 Å². The van der Waals surface area contributed by atoms with Gasteiger partial charge in [0.1, 0.15) is 5.82 Å². The highest BCUT2D eigenvalue weighted by molar-refractivity contribution is 5.76. The Hall–Kier alpha value is -1.46. The van der Waals surface area contributed by atoms with E-state index in [1.54, 1.807) is 12.1 Å². The second kappa shape index (κ2) is 8.58. The van der Waals surface area contributed by atoms with Gasteiger partial charge in [0.15, 0.2) is 0 Å². The first kappa shape index (κ1) is 17.4. The number of nitrogens with one attached hydrogen (secondary N) is 2. The van der Waals surface area contributed by atoms with E-state index in [9.17, 15) is 9.18 Å². The number of amides is 1. The van der Waals surface area contributed by atoms with Gasteiger partial charge in [-0.1, -0.05) is 12.1 Å². The van der Waals surface area contributed by atoms with Crippen LogP contribution in [-0.2, 0) is 9.53 Å². The number of hydrogen-bond acceptors (Lipinski definition) is 3. The number of rotatable bonds is 6. The van der Waals surface area contributed by atoms with Crippen molar-refractivity contribution in [3.63, 3.8) is 0 Å². The standard InChI is InChI=1S/C19H27FN2O2/c20-16-6-4-15(5-7-16)19(17-2-1-13-24-17)22-18(23)8-3-14-9-11-21-12-10-14/h4-7,14,17,19,21H,1-3,8-13H2,(H,22,23). The molecule has 24 heavy (non-hydrogen) atoms. The average Bonchev–Trinajstić information content (AvgIpc) is 3.14. The highest BCUT2D eigenvalue weighted by Gasteiger charge is 2.29. The zero-order valence-corrected chi connectivity index (χ0v) is 14.1. The fourth-order valence-corrected chi connectivity index (χ4v) is 3.68. The van der Waals surface area contributed by atoms with Crippen LogP contribution in [0.1, 0.15) is 50.1 Å². The second-order valence-electron chi connectivity index (χ2n) is 6.88. The number of halogens is 1. The summed E-state index contributed by atoms with van der Waals surface area (Å²) >= 11 is 0. The maximum absolute atomic E-state index is 13.2. The molecule has 1 aromatic rings. The molecule has 4 nitrogen and oxygen atoms in total. The van der Waals surface area contributed by atoms with Gasteiger partial charge in [0.25, 0.3) is 0 Å². The summed E-state index contributed by atoms with van der Waals surface area (Å²) in [7, 11) is 0. The highest BCUT2D eigenvalue weighted by Crippen LogP contribution is 2.27. The molecule has 0 aromatic heterocycles. The van der Waals surface area contributed by atoms with Crippen LogP contribution in [-0.4, -0.2) is 31.7 Å². The van der Waals surface area contributed by atoms with Crippen LogP contribution in [0.5, 0.6) is 0 Å². The van der Waals surface area contributed by atoms with E-state index in [1.807, 2.05) is 0 Å². The lowest BCUT2D eigenvalue weighted by Crippen LogP contribution is -2.36. The molecular weight excluding hydrogens is 307 g/mol. The van der Waals surface area contributed by atoms with E-state index in [0.717, 1.165) is 57.4 Å². The molecule has 3 rings (SSSR count). The molecule has 1 aromatic carbocycles. The zero-order valence-electron chi connectivity index (χ0n) is 14.1. The van der Waals surface area contributed by atoms with E-state index in [4.69, 9.17) is 4.74 Å². The predicted octanol–water partition coefficient (Wildman–Crippen LogP) is 2.94. The van der Waals surface area contributed by atoms with Crippen molar-refractivity contribution in [3.05, 3.63) is 35.6 Å². The molecule has 0 aliphatic carbocycles. The Morgan fingerprint density at radius 1 is 1.25 bits per heavy atom. The molecular formula is C19H27FN2O2. The van der Waals surface area contributed by atoms with Gasteiger partial charge >= 0.3 is 0 Å². The van der Waals surface area contributed by atoms with Crippen molar-refractivity contribution in [1.82, 2.24) is 10.6 Å². The third-order valence-corrected chi connectivity index (χ3v) is 5.12. The lowest BCUT2D eigenvalue weighted by atomic mass is 9.92. The maximum atomic E-state index is 13.2. The number of ether oxygens (including phenoxy) is 1. The van der Waals surface area contributed by atoms with Crippen molar-refractivity contribution in [3.8, 4) is 0 Å². The normalized spacial score (nSPS) is 23.1. The summed E-state index contributed by atoms with van der Waals surface area (Å²) in [6.07, 6.45) is 5.72. The van der Waals surface area contributed by atoms with Crippen LogP contribution in [0.15, 0.2) is 24.3 Å². The van der Waals surface area contributed by atoms with Crippen LogP contribution in [0.3, 0.4) is 0 Å². The Kier molecular flexibility index (Phi) is 6.21. The summed E-state index contributed by atoms with van der Waals surface area (Å²) in [6, 6.07) is 6.19. The predicted molar refractivity (Wildman–Crippen MR) is 91.1 cm³/mol. The first-order valence-electron chi connectivity index (χ1n) is 9.09. The lowest BCUT2D eigenvalue weighted by Gasteiger charge is -2.26. The molecule has 1 amide bonds. The van der Waals surface area contributed by atoms with E-state index in [-0.39, 0.29) is 23.9 Å². The topological polar surface area (TPSA) is 50.4 Å². The molecule has 5 heteroatoms. The summed E-state index contributed by atoms with van der Waals surface area (Å²) in [4.78, 5) is 12.4. The monoisotopic (exact) mass is 334 g/mol. The number of benzene rings is 1. The third-order valence-electron chi connectivity index (χ3n) is 5.12. The fourth-order valence-electron chi connectivity index (χ4n) is 3.68. The number of carbonyl (C=O) groups is 1. The van der Waals surface area contributed by atoms with Crippen LogP contribution in [0.2, 0.25) is 0 Å². The molecule has 0 saturated carbocycles. The van der Waals surface area contributed by atoms with Crippen molar-refractivity contribution in [2.75, 3.05) is 19.7 Å². The molecule has 2 fully saturated rings. The third kappa shape index (κ3) is 4.77. The molecule has 2 N–H and O–H groups in total. The summed E-state index contributed by atoms with van der Waals surface area (Å²) < 4.78 is 19.0. The molecule has 2 saturated heterocycles. The molecule has 0 bridgehead atoms. The van der Waals surface area contributed by atoms with Crippen molar-refractivity contribution in [2.45, 2.75) is 50.7 Å². The van der Waals surface area contributed by atoms with Gasteiger partial charge in [-0.15, -0.1) is 0 Å². The lowest BCUT2D eigenvalue weighted by molar-refractivity contribution is -0.123. The second-order valence-corrected chi connectivity index (χ2v) is 6.88. The largest absolute Gasteiger partial charge is 0.376 e. The Morgan fingerprint density at radius 3 is 2.67 bits per heavy atom. The Balaban J connectivity index is 1.58. The van der Waals surface area contributed by atoms with Gasteiger partial charge in [-0.25, -0.2) is 4.39 Å². The highest BCUT2D eigenvalue weighted by atomic mass is 19.1. The van der Waals surface area contributed by atoms with Crippen LogP contribution in [0, 0.1) is 11.7 Å². The quantitative estimate of drug-likeness (QED) is 0.841. The van der Waals surface area contributed by atoms with Gasteiger partial charge in [0.2, 0.25) is 5.91 Å². The minimum Gasteiger partial charge on any atom is -0.376 e. The van der Waals surface area contributed by atoms with E-state index in [1.165, 1.54) is 12.1 Å². The van der Waals surface area contributed by atoms with Crippen LogP contribution in [0.4, 0.5) is 4.39 Å². The van der Waals surface area contributed by atoms with Gasteiger partial charge in [-0.05, 0) is 68.8 Å². The minimum atomic E-state index is -0.262. The van der Waals surface area contributed by atoms with Crippen molar-refractivity contribution in [1.29, 1.82) is 0 Å². The van der Waals surface area contributed by atoms with E-state index in [2.05, 4.69) is 10.6 Å². The van der Waals surface area contributed by atoms with Crippen molar-refractivity contribution >= 4 is 5.91 Å².